The Balaban J connectivity index is 1.78. The summed E-state index contributed by atoms with van der Waals surface area (Å²) in [5.41, 5.74) is 3.29. The van der Waals surface area contributed by atoms with E-state index in [0.29, 0.717) is 5.13 Å². The molecule has 4 rings (SSSR count). The zero-order chi connectivity index (χ0) is 18.5. The monoisotopic (exact) mass is 404 g/mol. The highest BCUT2D eigenvalue weighted by Crippen LogP contribution is 2.43. The third-order valence-electron chi connectivity index (χ3n) is 4.55. The molecule has 26 heavy (non-hydrogen) atoms. The minimum Gasteiger partial charge on any atom is -0.314 e. The van der Waals surface area contributed by atoms with Gasteiger partial charge in [0.25, 0.3) is 0 Å². The Labute approximate surface area is 162 Å². The van der Waals surface area contributed by atoms with Gasteiger partial charge >= 0.3 is 0 Å². The van der Waals surface area contributed by atoms with E-state index in [9.17, 15) is 8.42 Å². The molecule has 1 atom stereocenters. The molecule has 0 fully saturated rings. The Hall–Kier alpha value is -1.89. The average Bonchev–Trinajstić information content (AvgIpc) is 3.14. The van der Waals surface area contributed by atoms with Crippen LogP contribution < -0.4 is 4.90 Å². The second kappa shape index (κ2) is 6.37. The number of rotatable bonds is 3. The third kappa shape index (κ3) is 2.82. The SMILES string of the molecule is Cc1ccc(S(=O)(=O)c2nc(N3c4ccccc4CC3C)sc2Cl)cc1. The number of anilines is 2. The summed E-state index contributed by atoms with van der Waals surface area (Å²) >= 11 is 7.52. The van der Waals surface area contributed by atoms with E-state index in [0.717, 1.165) is 17.7 Å². The number of para-hydroxylation sites is 1. The van der Waals surface area contributed by atoms with Gasteiger partial charge in [-0.1, -0.05) is 58.8 Å². The van der Waals surface area contributed by atoms with Gasteiger partial charge in [-0.15, -0.1) is 0 Å². The van der Waals surface area contributed by atoms with E-state index >= 15 is 0 Å². The molecule has 1 aliphatic rings. The van der Waals surface area contributed by atoms with Crippen LogP contribution in [0, 0.1) is 6.92 Å². The first-order chi connectivity index (χ1) is 12.4. The molecule has 7 heteroatoms. The summed E-state index contributed by atoms with van der Waals surface area (Å²) in [6.45, 7) is 4.01. The van der Waals surface area contributed by atoms with E-state index in [2.05, 4.69) is 22.9 Å². The van der Waals surface area contributed by atoms with E-state index < -0.39 is 9.84 Å². The average molecular weight is 405 g/mol. The number of nitrogens with zero attached hydrogens (tertiary/aromatic N) is 2. The van der Waals surface area contributed by atoms with Crippen molar-refractivity contribution in [2.45, 2.75) is 36.2 Å². The maximum absolute atomic E-state index is 13.0. The second-order valence-corrected chi connectivity index (χ2v) is 9.89. The number of hydrogen-bond donors (Lipinski definition) is 0. The Morgan fingerprint density at radius 1 is 1.15 bits per heavy atom. The molecule has 2 aromatic carbocycles. The van der Waals surface area contributed by atoms with Gasteiger partial charge in [-0.3, -0.25) is 0 Å². The van der Waals surface area contributed by atoms with Crippen molar-refractivity contribution in [1.29, 1.82) is 0 Å². The molecule has 0 radical (unpaired) electrons. The molecule has 0 N–H and O–H groups in total. The molecule has 1 aliphatic heterocycles. The summed E-state index contributed by atoms with van der Waals surface area (Å²) in [5.74, 6) is 0. The zero-order valence-corrected chi connectivity index (χ0v) is 16.7. The quantitative estimate of drug-likeness (QED) is 0.615. The standard InChI is InChI=1S/C19H17ClN2O2S2/c1-12-7-9-15(10-8-12)26(23,24)18-17(20)25-19(21-18)22-13(2)11-14-5-3-4-6-16(14)22/h3-10,13H,11H2,1-2H3. The molecular weight excluding hydrogens is 388 g/mol. The summed E-state index contributed by atoms with van der Waals surface area (Å²) < 4.78 is 26.1. The molecule has 1 unspecified atom stereocenters. The Morgan fingerprint density at radius 3 is 2.58 bits per heavy atom. The van der Waals surface area contributed by atoms with Crippen LogP contribution in [-0.2, 0) is 16.3 Å². The van der Waals surface area contributed by atoms with Gasteiger partial charge in [0.2, 0.25) is 9.84 Å². The Morgan fingerprint density at radius 2 is 1.85 bits per heavy atom. The highest BCUT2D eigenvalue weighted by molar-refractivity contribution is 7.91. The minimum atomic E-state index is -3.75. The van der Waals surface area contributed by atoms with Crippen molar-refractivity contribution in [3.05, 3.63) is 64.0 Å². The van der Waals surface area contributed by atoms with Crippen molar-refractivity contribution in [2.75, 3.05) is 4.90 Å². The van der Waals surface area contributed by atoms with Crippen molar-refractivity contribution < 1.29 is 8.42 Å². The van der Waals surface area contributed by atoms with Gasteiger partial charge in [-0.25, -0.2) is 13.4 Å². The van der Waals surface area contributed by atoms with Crippen molar-refractivity contribution in [3.8, 4) is 0 Å². The normalized spacial score (nSPS) is 16.7. The van der Waals surface area contributed by atoms with Crippen LogP contribution in [0.1, 0.15) is 18.1 Å². The number of aryl methyl sites for hydroxylation is 1. The predicted molar refractivity (Wildman–Crippen MR) is 106 cm³/mol. The van der Waals surface area contributed by atoms with Gasteiger partial charge in [-0.2, -0.15) is 0 Å². The number of benzene rings is 2. The highest BCUT2D eigenvalue weighted by Gasteiger charge is 2.32. The van der Waals surface area contributed by atoms with Crippen molar-refractivity contribution in [2.24, 2.45) is 0 Å². The van der Waals surface area contributed by atoms with Crippen molar-refractivity contribution >= 4 is 43.6 Å². The number of sulfone groups is 1. The summed E-state index contributed by atoms with van der Waals surface area (Å²) in [6, 6.07) is 15.0. The zero-order valence-electron chi connectivity index (χ0n) is 14.3. The van der Waals surface area contributed by atoms with Crippen molar-refractivity contribution in [1.82, 2.24) is 4.98 Å². The molecule has 0 aliphatic carbocycles. The molecule has 0 saturated carbocycles. The topological polar surface area (TPSA) is 50.3 Å². The molecule has 1 aromatic heterocycles. The molecule has 2 heterocycles. The van der Waals surface area contributed by atoms with Crippen LogP contribution in [0.2, 0.25) is 4.34 Å². The summed E-state index contributed by atoms with van der Waals surface area (Å²) in [6.07, 6.45) is 0.896. The lowest BCUT2D eigenvalue weighted by molar-refractivity contribution is 0.593. The lowest BCUT2D eigenvalue weighted by atomic mass is 10.1. The van der Waals surface area contributed by atoms with E-state index in [1.165, 1.54) is 16.9 Å². The predicted octanol–water partition coefficient (Wildman–Crippen LogP) is 5.02. The summed E-state index contributed by atoms with van der Waals surface area (Å²) in [7, 11) is -3.75. The van der Waals surface area contributed by atoms with Crippen LogP contribution in [0.3, 0.4) is 0 Å². The van der Waals surface area contributed by atoms with Crippen LogP contribution in [0.15, 0.2) is 58.5 Å². The van der Waals surface area contributed by atoms with Gasteiger partial charge in [0.15, 0.2) is 10.2 Å². The lowest BCUT2D eigenvalue weighted by Gasteiger charge is -2.21. The van der Waals surface area contributed by atoms with Crippen LogP contribution in [0.5, 0.6) is 0 Å². The van der Waals surface area contributed by atoms with Crippen LogP contribution in [0.4, 0.5) is 10.8 Å². The molecule has 0 spiro atoms. The molecule has 0 bridgehead atoms. The van der Waals surface area contributed by atoms with Gasteiger partial charge in [0, 0.05) is 11.7 Å². The third-order valence-corrected chi connectivity index (χ3v) is 7.74. The van der Waals surface area contributed by atoms with Gasteiger partial charge < -0.3 is 4.90 Å². The fraction of sp³-hybridized carbons (Fsp3) is 0.211. The molecule has 134 valence electrons. The van der Waals surface area contributed by atoms with Gasteiger partial charge in [-0.05, 0) is 44.0 Å². The maximum atomic E-state index is 13.0. The van der Waals surface area contributed by atoms with Crippen LogP contribution >= 0.6 is 22.9 Å². The van der Waals surface area contributed by atoms with Crippen LogP contribution in [0.25, 0.3) is 0 Å². The van der Waals surface area contributed by atoms with Crippen molar-refractivity contribution in [3.63, 3.8) is 0 Å². The first-order valence-electron chi connectivity index (χ1n) is 8.23. The van der Waals surface area contributed by atoms with E-state index in [4.69, 9.17) is 11.6 Å². The minimum absolute atomic E-state index is 0.0698. The Kier molecular flexibility index (Phi) is 4.29. The first kappa shape index (κ1) is 17.5. The van der Waals surface area contributed by atoms with Crippen LogP contribution in [-0.4, -0.2) is 19.4 Å². The highest BCUT2D eigenvalue weighted by atomic mass is 35.5. The fourth-order valence-corrected chi connectivity index (χ4v) is 6.24. The number of fused-ring (bicyclic) bond motifs is 1. The largest absolute Gasteiger partial charge is 0.314 e. The fourth-order valence-electron chi connectivity index (χ4n) is 3.23. The summed E-state index contributed by atoms with van der Waals surface area (Å²) in [5, 5.41) is 0.540. The molecule has 0 saturated heterocycles. The number of hydrogen-bond acceptors (Lipinski definition) is 5. The second-order valence-electron chi connectivity index (χ2n) is 6.44. The maximum Gasteiger partial charge on any atom is 0.226 e. The first-order valence-corrected chi connectivity index (χ1v) is 10.9. The van der Waals surface area contributed by atoms with E-state index in [1.807, 2.05) is 25.1 Å². The van der Waals surface area contributed by atoms with E-state index in [-0.39, 0.29) is 20.3 Å². The van der Waals surface area contributed by atoms with Gasteiger partial charge in [0.1, 0.15) is 4.34 Å². The lowest BCUT2D eigenvalue weighted by Crippen LogP contribution is -2.23. The van der Waals surface area contributed by atoms with Gasteiger partial charge in [0.05, 0.1) is 4.90 Å². The number of aromatic nitrogens is 1. The van der Waals surface area contributed by atoms with E-state index in [1.54, 1.807) is 24.3 Å². The molecular formula is C19H17ClN2O2S2. The number of halogens is 1. The number of thiazole rings is 1. The Bertz CT molecular complexity index is 1080. The smallest absolute Gasteiger partial charge is 0.226 e. The molecule has 0 amide bonds. The molecule has 3 aromatic rings. The molecule has 4 nitrogen and oxygen atoms in total. The summed E-state index contributed by atoms with van der Waals surface area (Å²) in [4.78, 5) is 6.71.